The van der Waals surface area contributed by atoms with E-state index in [1.165, 1.54) is 6.42 Å². The Bertz CT molecular complexity index is 944. The highest BCUT2D eigenvalue weighted by molar-refractivity contribution is 6.30. The molecule has 2 fully saturated rings. The van der Waals surface area contributed by atoms with Gasteiger partial charge in [0.1, 0.15) is 5.75 Å². The summed E-state index contributed by atoms with van der Waals surface area (Å²) in [4.78, 5) is 25.1. The van der Waals surface area contributed by atoms with Crippen molar-refractivity contribution in [3.05, 3.63) is 41.0 Å². The number of carbonyl (C=O) groups excluding carboxylic acids is 2. The molecule has 0 spiro atoms. The van der Waals surface area contributed by atoms with Gasteiger partial charge in [0.15, 0.2) is 11.4 Å². The number of nitrogens with zero attached hydrogens (tertiary/aromatic N) is 1. The second-order valence-corrected chi connectivity index (χ2v) is 9.87. The largest absolute Gasteiger partial charge is 0.478 e. The van der Waals surface area contributed by atoms with Crippen LogP contribution < -0.4 is 15.4 Å². The standard InChI is InChI=1S/C24H31ClN4O3/c1-24(2,32-19-10-8-17(25)9-11-19)23(31)26-18-12-16(13-18)20-14-21(29-28-20)27-22(30)15-6-4-3-5-7-15/h8-11,14-16,18H,3-7,12-13H2,1-2H3,(H,26,31)(H2,27,28,29,30). The maximum Gasteiger partial charge on any atom is 0.263 e. The van der Waals surface area contributed by atoms with Crippen LogP contribution in [0, 0.1) is 5.92 Å². The van der Waals surface area contributed by atoms with Crippen molar-refractivity contribution in [2.75, 3.05) is 5.32 Å². The SMILES string of the molecule is CC(C)(Oc1ccc(Cl)cc1)C(=O)NC1CC(c2cc(NC(=O)C3CCCCC3)n[nH]2)C1. The summed E-state index contributed by atoms with van der Waals surface area (Å²) >= 11 is 5.90. The van der Waals surface area contributed by atoms with E-state index in [1.54, 1.807) is 38.1 Å². The number of amides is 2. The van der Waals surface area contributed by atoms with Gasteiger partial charge in [0, 0.05) is 34.7 Å². The van der Waals surface area contributed by atoms with Crippen LogP contribution in [0.4, 0.5) is 5.82 Å². The van der Waals surface area contributed by atoms with Crippen LogP contribution in [0.25, 0.3) is 0 Å². The average molecular weight is 459 g/mol. The van der Waals surface area contributed by atoms with E-state index in [0.717, 1.165) is 44.2 Å². The first-order valence-electron chi connectivity index (χ1n) is 11.4. The van der Waals surface area contributed by atoms with Crippen LogP contribution in [-0.2, 0) is 9.59 Å². The van der Waals surface area contributed by atoms with Gasteiger partial charge >= 0.3 is 0 Å². The number of ether oxygens (including phenoxy) is 1. The van der Waals surface area contributed by atoms with Crippen LogP contribution in [0.1, 0.15) is 70.4 Å². The fourth-order valence-electron chi connectivity index (χ4n) is 4.40. The van der Waals surface area contributed by atoms with E-state index in [4.69, 9.17) is 16.3 Å². The molecule has 1 heterocycles. The van der Waals surface area contributed by atoms with Crippen molar-refractivity contribution < 1.29 is 14.3 Å². The quantitative estimate of drug-likeness (QED) is 0.555. The van der Waals surface area contributed by atoms with E-state index < -0.39 is 5.60 Å². The predicted octanol–water partition coefficient (Wildman–Crippen LogP) is 4.80. The summed E-state index contributed by atoms with van der Waals surface area (Å²) in [5, 5.41) is 13.9. The monoisotopic (exact) mass is 458 g/mol. The lowest BCUT2D eigenvalue weighted by molar-refractivity contribution is -0.135. The van der Waals surface area contributed by atoms with E-state index in [-0.39, 0.29) is 29.7 Å². The first-order valence-corrected chi connectivity index (χ1v) is 11.8. The number of carbonyl (C=O) groups is 2. The van der Waals surface area contributed by atoms with E-state index in [9.17, 15) is 9.59 Å². The minimum atomic E-state index is -0.997. The second-order valence-electron chi connectivity index (χ2n) is 9.44. The van der Waals surface area contributed by atoms with Gasteiger partial charge in [0.2, 0.25) is 5.91 Å². The third-order valence-corrected chi connectivity index (χ3v) is 6.72. The Morgan fingerprint density at radius 3 is 2.50 bits per heavy atom. The van der Waals surface area contributed by atoms with Crippen LogP contribution in [0.5, 0.6) is 5.75 Å². The summed E-state index contributed by atoms with van der Waals surface area (Å²) in [5.41, 5.74) is -0.00478. The maximum atomic E-state index is 12.7. The molecule has 0 saturated heterocycles. The predicted molar refractivity (Wildman–Crippen MR) is 124 cm³/mol. The van der Waals surface area contributed by atoms with Crippen molar-refractivity contribution in [2.24, 2.45) is 5.92 Å². The summed E-state index contributed by atoms with van der Waals surface area (Å²) in [5.74, 6) is 1.49. The Morgan fingerprint density at radius 2 is 1.81 bits per heavy atom. The molecule has 0 bridgehead atoms. The molecule has 2 aliphatic carbocycles. The lowest BCUT2D eigenvalue weighted by Gasteiger charge is -2.37. The highest BCUT2D eigenvalue weighted by Gasteiger charge is 2.37. The van der Waals surface area contributed by atoms with Crippen LogP contribution in [0.3, 0.4) is 0 Å². The van der Waals surface area contributed by atoms with Gasteiger partial charge in [0.05, 0.1) is 0 Å². The van der Waals surface area contributed by atoms with Gasteiger partial charge in [-0.3, -0.25) is 14.7 Å². The van der Waals surface area contributed by atoms with Crippen molar-refractivity contribution in [3.63, 3.8) is 0 Å². The van der Waals surface area contributed by atoms with Crippen LogP contribution in [0.15, 0.2) is 30.3 Å². The minimum Gasteiger partial charge on any atom is -0.478 e. The van der Waals surface area contributed by atoms with Gasteiger partial charge in [-0.2, -0.15) is 5.10 Å². The van der Waals surface area contributed by atoms with Crippen LogP contribution >= 0.6 is 11.6 Å². The van der Waals surface area contributed by atoms with Crippen molar-refractivity contribution in [2.45, 2.75) is 76.4 Å². The highest BCUT2D eigenvalue weighted by Crippen LogP contribution is 2.37. The number of hydrogen-bond donors (Lipinski definition) is 3. The molecule has 7 nitrogen and oxygen atoms in total. The van der Waals surface area contributed by atoms with E-state index in [2.05, 4.69) is 20.8 Å². The fraction of sp³-hybridized carbons (Fsp3) is 0.542. The Hall–Kier alpha value is -2.54. The normalized spacial score (nSPS) is 21.5. The Balaban J connectivity index is 1.24. The van der Waals surface area contributed by atoms with Crippen molar-refractivity contribution >= 4 is 29.2 Å². The molecule has 3 N–H and O–H groups in total. The number of aromatic amines is 1. The summed E-state index contributed by atoms with van der Waals surface area (Å²) in [6, 6.07) is 8.97. The molecular formula is C24H31ClN4O3. The number of rotatable bonds is 7. The highest BCUT2D eigenvalue weighted by atomic mass is 35.5. The summed E-state index contributed by atoms with van der Waals surface area (Å²) in [6.45, 7) is 3.51. The Morgan fingerprint density at radius 1 is 1.12 bits per heavy atom. The summed E-state index contributed by atoms with van der Waals surface area (Å²) < 4.78 is 5.86. The van der Waals surface area contributed by atoms with Crippen LogP contribution in [-0.4, -0.2) is 33.7 Å². The first-order chi connectivity index (χ1) is 15.3. The van der Waals surface area contributed by atoms with Crippen molar-refractivity contribution in [1.82, 2.24) is 15.5 Å². The smallest absolute Gasteiger partial charge is 0.263 e. The van der Waals surface area contributed by atoms with Gasteiger partial charge in [-0.05, 0) is 63.8 Å². The molecule has 4 rings (SSSR count). The lowest BCUT2D eigenvalue weighted by Crippen LogP contribution is -2.53. The molecule has 2 aliphatic rings. The summed E-state index contributed by atoms with van der Waals surface area (Å²) in [7, 11) is 0. The molecule has 2 amide bonds. The molecule has 2 saturated carbocycles. The first kappa shape index (κ1) is 22.6. The number of nitrogens with one attached hydrogen (secondary N) is 3. The van der Waals surface area contributed by atoms with Gasteiger partial charge in [-0.1, -0.05) is 30.9 Å². The van der Waals surface area contributed by atoms with E-state index >= 15 is 0 Å². The topological polar surface area (TPSA) is 96.1 Å². The molecule has 2 aromatic rings. The van der Waals surface area contributed by atoms with Crippen molar-refractivity contribution in [3.8, 4) is 5.75 Å². The number of anilines is 1. The zero-order valence-electron chi connectivity index (χ0n) is 18.6. The molecule has 172 valence electrons. The molecule has 0 unspecified atom stereocenters. The summed E-state index contributed by atoms with van der Waals surface area (Å²) in [6.07, 6.45) is 7.04. The van der Waals surface area contributed by atoms with Gasteiger partial charge in [0.25, 0.3) is 5.91 Å². The maximum absolute atomic E-state index is 12.7. The van der Waals surface area contributed by atoms with E-state index in [0.29, 0.717) is 16.6 Å². The number of halogens is 1. The van der Waals surface area contributed by atoms with E-state index in [1.807, 2.05) is 6.07 Å². The molecule has 1 aromatic heterocycles. The second kappa shape index (κ2) is 9.53. The van der Waals surface area contributed by atoms with Crippen molar-refractivity contribution in [1.29, 1.82) is 0 Å². The van der Waals surface area contributed by atoms with Gasteiger partial charge < -0.3 is 15.4 Å². The molecule has 0 aliphatic heterocycles. The lowest BCUT2D eigenvalue weighted by atomic mass is 9.78. The Kier molecular flexibility index (Phi) is 6.74. The number of hydrogen-bond acceptors (Lipinski definition) is 4. The third kappa shape index (κ3) is 5.44. The number of aromatic nitrogens is 2. The molecule has 1 aromatic carbocycles. The number of H-pyrrole nitrogens is 1. The number of benzene rings is 1. The van der Waals surface area contributed by atoms with Crippen LogP contribution in [0.2, 0.25) is 5.02 Å². The molecule has 32 heavy (non-hydrogen) atoms. The Labute approximate surface area is 193 Å². The zero-order chi connectivity index (χ0) is 22.7. The third-order valence-electron chi connectivity index (χ3n) is 6.47. The minimum absolute atomic E-state index is 0.0735. The van der Waals surface area contributed by atoms with Gasteiger partial charge in [-0.15, -0.1) is 0 Å². The fourth-order valence-corrected chi connectivity index (χ4v) is 4.52. The zero-order valence-corrected chi connectivity index (χ0v) is 19.4. The molecule has 0 atom stereocenters. The molecule has 0 radical (unpaired) electrons. The molecule has 8 heteroatoms. The average Bonchev–Trinajstić information content (AvgIpc) is 3.20. The molecular weight excluding hydrogens is 428 g/mol. The van der Waals surface area contributed by atoms with Gasteiger partial charge in [-0.25, -0.2) is 0 Å².